The molecule has 0 spiro atoms. The minimum absolute atomic E-state index is 0.100. The first-order valence-electron chi connectivity index (χ1n) is 13.7. The van der Waals surface area contributed by atoms with Gasteiger partial charge in [-0.15, -0.1) is 0 Å². The van der Waals surface area contributed by atoms with Crippen molar-refractivity contribution in [3.8, 4) is 0 Å². The normalized spacial score (nSPS) is 13.0. The summed E-state index contributed by atoms with van der Waals surface area (Å²) in [5.41, 5.74) is 7.65. The molecule has 0 N–H and O–H groups in total. The maximum absolute atomic E-state index is 4.63. The summed E-state index contributed by atoms with van der Waals surface area (Å²) < 4.78 is 4.60. The Kier molecular flexibility index (Phi) is 8.10. The third-order valence-corrected chi connectivity index (χ3v) is 7.74. The molecule has 200 valence electrons. The number of rotatable bonds is 11. The van der Waals surface area contributed by atoms with Crippen molar-refractivity contribution in [2.75, 3.05) is 40.8 Å². The van der Waals surface area contributed by atoms with Crippen molar-refractivity contribution in [1.82, 2.24) is 28.9 Å². The summed E-state index contributed by atoms with van der Waals surface area (Å²) in [7, 11) is 6.48. The molecule has 2 heterocycles. The van der Waals surface area contributed by atoms with Gasteiger partial charge in [0.15, 0.2) is 0 Å². The monoisotopic (exact) mass is 502 g/mol. The molecule has 2 aromatic heterocycles. The lowest BCUT2D eigenvalue weighted by atomic mass is 9.81. The summed E-state index contributed by atoms with van der Waals surface area (Å²) in [5.74, 6) is 0. The van der Waals surface area contributed by atoms with Gasteiger partial charge in [0.2, 0.25) is 0 Å². The van der Waals surface area contributed by atoms with Gasteiger partial charge in [-0.1, -0.05) is 46.8 Å². The van der Waals surface area contributed by atoms with Gasteiger partial charge in [0, 0.05) is 19.6 Å². The molecule has 0 radical (unpaired) electrons. The van der Waals surface area contributed by atoms with Gasteiger partial charge in [-0.05, 0) is 93.3 Å². The zero-order valence-corrected chi connectivity index (χ0v) is 24.3. The number of nitrogens with zero attached hydrogens (tertiary/aromatic N) is 6. The highest BCUT2D eigenvalue weighted by molar-refractivity contribution is 5.77. The van der Waals surface area contributed by atoms with E-state index in [0.717, 1.165) is 56.6 Å². The number of benzene rings is 2. The molecular formula is C31H46N6. The first-order chi connectivity index (χ1) is 17.4. The van der Waals surface area contributed by atoms with Crippen LogP contribution < -0.4 is 0 Å². The number of fused-ring (bicyclic) bond motifs is 2. The lowest BCUT2D eigenvalue weighted by Crippen LogP contribution is -2.28. The van der Waals surface area contributed by atoms with E-state index >= 15 is 0 Å². The summed E-state index contributed by atoms with van der Waals surface area (Å²) in [5, 5.41) is 0. The van der Waals surface area contributed by atoms with Crippen LogP contribution in [0.1, 0.15) is 58.6 Å². The van der Waals surface area contributed by atoms with E-state index in [-0.39, 0.29) is 10.8 Å². The van der Waals surface area contributed by atoms with Crippen LogP contribution in [0.3, 0.4) is 0 Å². The van der Waals surface area contributed by atoms with E-state index < -0.39 is 0 Å². The molecular weight excluding hydrogens is 456 g/mol. The number of likely N-dealkylation sites (N-methyl/N-ethyl adjacent to an activating group) is 1. The summed E-state index contributed by atoms with van der Waals surface area (Å²) in [6, 6.07) is 13.5. The van der Waals surface area contributed by atoms with Gasteiger partial charge in [0.05, 0.1) is 34.7 Å². The van der Waals surface area contributed by atoms with Crippen LogP contribution in [0.15, 0.2) is 49.1 Å². The Morgan fingerprint density at radius 1 is 0.703 bits per heavy atom. The highest BCUT2D eigenvalue weighted by Gasteiger charge is 2.22. The Morgan fingerprint density at radius 2 is 1.27 bits per heavy atom. The Bertz CT molecular complexity index is 1320. The van der Waals surface area contributed by atoms with Crippen molar-refractivity contribution in [3.05, 3.63) is 60.2 Å². The lowest BCUT2D eigenvalue weighted by molar-refractivity contribution is 0.287. The van der Waals surface area contributed by atoms with Gasteiger partial charge in [-0.3, -0.25) is 0 Å². The summed E-state index contributed by atoms with van der Waals surface area (Å²) in [6.07, 6.45) is 6.20. The fourth-order valence-electron chi connectivity index (χ4n) is 4.90. The van der Waals surface area contributed by atoms with Crippen molar-refractivity contribution in [3.63, 3.8) is 0 Å². The zero-order valence-electron chi connectivity index (χ0n) is 24.3. The van der Waals surface area contributed by atoms with Crippen LogP contribution in [0.2, 0.25) is 0 Å². The van der Waals surface area contributed by atoms with Gasteiger partial charge in [0.1, 0.15) is 0 Å². The smallest absolute Gasteiger partial charge is 0.0958 e. The topological polar surface area (TPSA) is 42.1 Å². The molecule has 0 unspecified atom stereocenters. The van der Waals surface area contributed by atoms with Gasteiger partial charge >= 0.3 is 0 Å². The van der Waals surface area contributed by atoms with Crippen molar-refractivity contribution in [2.24, 2.45) is 0 Å². The highest BCUT2D eigenvalue weighted by atomic mass is 15.1. The van der Waals surface area contributed by atoms with E-state index in [1.165, 1.54) is 22.2 Å². The standard InChI is InChI=1S/C31H46N6/c1-30(2,3)24-10-12-26-28(20-24)36(22-32-26)16-9-15-35(8)17-14-31(4,5)25-11-13-27-29(21-25)37(23-33-27)19-18-34(6)7/h10-13,20-23H,9,14-19H2,1-8H3. The predicted molar refractivity (Wildman–Crippen MR) is 156 cm³/mol. The summed E-state index contributed by atoms with van der Waals surface area (Å²) in [4.78, 5) is 13.9. The van der Waals surface area contributed by atoms with E-state index in [1.807, 2.05) is 12.7 Å². The average molecular weight is 503 g/mol. The van der Waals surface area contributed by atoms with Gasteiger partial charge in [-0.2, -0.15) is 0 Å². The summed E-state index contributed by atoms with van der Waals surface area (Å²) in [6.45, 7) is 16.6. The third kappa shape index (κ3) is 6.60. The number of hydrogen-bond acceptors (Lipinski definition) is 4. The van der Waals surface area contributed by atoms with E-state index in [1.54, 1.807) is 0 Å². The molecule has 0 aliphatic heterocycles. The molecule has 4 rings (SSSR count). The van der Waals surface area contributed by atoms with Crippen LogP contribution in [-0.2, 0) is 23.9 Å². The molecule has 0 saturated carbocycles. The maximum atomic E-state index is 4.63. The van der Waals surface area contributed by atoms with Crippen molar-refractivity contribution < 1.29 is 0 Å². The fraction of sp³-hybridized carbons (Fsp3) is 0.548. The molecule has 0 atom stereocenters. The molecule has 2 aromatic carbocycles. The number of imidazole rings is 2. The molecule has 6 nitrogen and oxygen atoms in total. The van der Waals surface area contributed by atoms with E-state index in [9.17, 15) is 0 Å². The molecule has 0 fully saturated rings. The third-order valence-electron chi connectivity index (χ3n) is 7.74. The number of aryl methyl sites for hydroxylation is 1. The van der Waals surface area contributed by atoms with E-state index in [0.29, 0.717) is 0 Å². The first kappa shape index (κ1) is 27.3. The quantitative estimate of drug-likeness (QED) is 0.255. The van der Waals surface area contributed by atoms with Crippen molar-refractivity contribution in [2.45, 2.75) is 71.4 Å². The first-order valence-corrected chi connectivity index (χ1v) is 13.7. The SMILES string of the molecule is CN(C)CCn1cnc2ccc(C(C)(C)CCN(C)CCCn3cnc4ccc(C(C)(C)C)cc43)cc21. The van der Waals surface area contributed by atoms with Gasteiger partial charge in [0.25, 0.3) is 0 Å². The highest BCUT2D eigenvalue weighted by Crippen LogP contribution is 2.30. The minimum atomic E-state index is 0.100. The van der Waals surface area contributed by atoms with Crippen LogP contribution in [0.4, 0.5) is 0 Å². The molecule has 0 saturated heterocycles. The molecule has 0 aliphatic rings. The largest absolute Gasteiger partial charge is 0.331 e. The molecule has 0 bridgehead atoms. The van der Waals surface area contributed by atoms with Crippen LogP contribution in [0.5, 0.6) is 0 Å². The van der Waals surface area contributed by atoms with Crippen LogP contribution in [0.25, 0.3) is 22.1 Å². The second-order valence-electron chi connectivity index (χ2n) is 12.6. The zero-order chi connectivity index (χ0) is 26.8. The Morgan fingerprint density at radius 3 is 1.86 bits per heavy atom. The predicted octanol–water partition coefficient (Wildman–Crippen LogP) is 5.93. The average Bonchev–Trinajstić information content (AvgIpc) is 3.44. The van der Waals surface area contributed by atoms with Crippen LogP contribution in [0, 0.1) is 0 Å². The Balaban J connectivity index is 1.33. The summed E-state index contributed by atoms with van der Waals surface area (Å²) >= 11 is 0. The maximum Gasteiger partial charge on any atom is 0.0958 e. The van der Waals surface area contributed by atoms with Crippen molar-refractivity contribution >= 4 is 22.1 Å². The molecule has 0 aliphatic carbocycles. The number of aromatic nitrogens is 4. The van der Waals surface area contributed by atoms with E-state index in [2.05, 4.69) is 121 Å². The van der Waals surface area contributed by atoms with Crippen LogP contribution >= 0.6 is 0 Å². The fourth-order valence-corrected chi connectivity index (χ4v) is 4.90. The lowest BCUT2D eigenvalue weighted by Gasteiger charge is -2.28. The molecule has 6 heteroatoms. The van der Waals surface area contributed by atoms with Gasteiger partial charge < -0.3 is 18.9 Å². The number of hydrogen-bond donors (Lipinski definition) is 0. The van der Waals surface area contributed by atoms with Crippen LogP contribution in [-0.4, -0.2) is 69.7 Å². The second kappa shape index (κ2) is 11.0. The second-order valence-corrected chi connectivity index (χ2v) is 12.6. The van der Waals surface area contributed by atoms with Gasteiger partial charge in [-0.25, -0.2) is 9.97 Å². The molecule has 37 heavy (non-hydrogen) atoms. The Hall–Kier alpha value is -2.70. The molecule has 4 aromatic rings. The van der Waals surface area contributed by atoms with Crippen molar-refractivity contribution in [1.29, 1.82) is 0 Å². The van der Waals surface area contributed by atoms with E-state index in [4.69, 9.17) is 0 Å². The molecule has 0 amide bonds. The minimum Gasteiger partial charge on any atom is -0.331 e. The Labute approximate surface area is 223 Å².